The number of carboxylic acids is 1. The smallest absolute Gasteiger partial charge is 0.303 e. The highest BCUT2D eigenvalue weighted by molar-refractivity contribution is 5.66. The second-order valence-corrected chi connectivity index (χ2v) is 4.02. The minimum absolute atomic E-state index is 0.0423. The molecule has 102 valence electrons. The molecular formula is C11H14N4O4. The van der Waals surface area contributed by atoms with E-state index in [0.717, 1.165) is 0 Å². The largest absolute Gasteiger partial charge is 0.481 e. The molecule has 2 rings (SSSR count). The van der Waals surface area contributed by atoms with Crippen molar-refractivity contribution in [2.45, 2.75) is 26.0 Å². The number of rotatable bonds is 7. The van der Waals surface area contributed by atoms with E-state index in [9.17, 15) is 4.79 Å². The highest BCUT2D eigenvalue weighted by Crippen LogP contribution is 2.07. The van der Waals surface area contributed by atoms with E-state index in [1.165, 1.54) is 0 Å². The topological polar surface area (TPSA) is 103 Å². The minimum Gasteiger partial charge on any atom is -0.481 e. The lowest BCUT2D eigenvalue weighted by atomic mass is 10.2. The summed E-state index contributed by atoms with van der Waals surface area (Å²) < 4.78 is 11.6. The molecule has 0 saturated heterocycles. The molecule has 8 heteroatoms. The zero-order valence-electron chi connectivity index (χ0n) is 10.4. The molecule has 19 heavy (non-hydrogen) atoms. The van der Waals surface area contributed by atoms with Crippen LogP contribution >= 0.6 is 0 Å². The lowest BCUT2D eigenvalue weighted by Gasteiger charge is -1.93. The van der Waals surface area contributed by atoms with Gasteiger partial charge in [0.25, 0.3) is 0 Å². The van der Waals surface area contributed by atoms with Crippen LogP contribution in [-0.4, -0.2) is 38.3 Å². The first-order chi connectivity index (χ1) is 9.17. The van der Waals surface area contributed by atoms with E-state index < -0.39 is 5.97 Å². The Morgan fingerprint density at radius 3 is 3.11 bits per heavy atom. The molecule has 8 nitrogen and oxygen atoms in total. The second-order valence-electron chi connectivity index (χ2n) is 4.02. The third kappa shape index (κ3) is 3.88. The molecule has 0 spiro atoms. The maximum Gasteiger partial charge on any atom is 0.303 e. The Bertz CT molecular complexity index is 548. The molecule has 0 bridgehead atoms. The summed E-state index contributed by atoms with van der Waals surface area (Å²) in [5, 5.41) is 20.3. The Kier molecular flexibility index (Phi) is 4.24. The van der Waals surface area contributed by atoms with Gasteiger partial charge in [-0.25, -0.2) is 4.68 Å². The van der Waals surface area contributed by atoms with Crippen molar-refractivity contribution in [2.75, 3.05) is 7.11 Å². The van der Waals surface area contributed by atoms with Gasteiger partial charge in [0.1, 0.15) is 12.3 Å². The lowest BCUT2D eigenvalue weighted by molar-refractivity contribution is -0.136. The van der Waals surface area contributed by atoms with E-state index >= 15 is 0 Å². The summed E-state index contributed by atoms with van der Waals surface area (Å²) in [5.41, 5.74) is 1.35. The number of nitrogens with zero attached hydrogens (tertiary/aromatic N) is 4. The van der Waals surface area contributed by atoms with E-state index in [1.54, 1.807) is 24.1 Å². The van der Waals surface area contributed by atoms with E-state index in [4.69, 9.17) is 14.4 Å². The van der Waals surface area contributed by atoms with Gasteiger partial charge in [0, 0.05) is 25.8 Å². The molecule has 0 saturated carbocycles. The van der Waals surface area contributed by atoms with Crippen LogP contribution in [0.5, 0.6) is 0 Å². The van der Waals surface area contributed by atoms with Gasteiger partial charge < -0.3 is 14.4 Å². The fourth-order valence-electron chi connectivity index (χ4n) is 1.57. The number of aromatic nitrogens is 4. The predicted molar refractivity (Wildman–Crippen MR) is 62.3 cm³/mol. The van der Waals surface area contributed by atoms with Gasteiger partial charge in [-0.15, -0.1) is 5.10 Å². The van der Waals surface area contributed by atoms with E-state index in [1.807, 2.05) is 0 Å². The lowest BCUT2D eigenvalue weighted by Crippen LogP contribution is -2.00. The number of hydrogen-bond acceptors (Lipinski definition) is 6. The molecule has 2 aromatic rings. The number of hydrogen-bond donors (Lipinski definition) is 1. The summed E-state index contributed by atoms with van der Waals surface area (Å²) in [5.74, 6) is -0.209. The molecule has 2 aromatic heterocycles. The van der Waals surface area contributed by atoms with Crippen molar-refractivity contribution in [1.29, 1.82) is 0 Å². The molecule has 0 radical (unpaired) electrons. The van der Waals surface area contributed by atoms with E-state index in [0.29, 0.717) is 36.7 Å². The standard InChI is InChI=1S/C11H14N4O4/c1-18-7-10-4-9(13-19-10)6-15-5-8(12-14-15)2-3-11(16)17/h4-5H,2-3,6-7H2,1H3,(H,16,17). The molecule has 0 unspecified atom stereocenters. The van der Waals surface area contributed by atoms with Crippen molar-refractivity contribution in [3.8, 4) is 0 Å². The van der Waals surface area contributed by atoms with Crippen LogP contribution in [0.4, 0.5) is 0 Å². The highest BCUT2D eigenvalue weighted by atomic mass is 16.5. The van der Waals surface area contributed by atoms with Crippen LogP contribution in [0.25, 0.3) is 0 Å². The molecule has 0 atom stereocenters. The third-order valence-electron chi connectivity index (χ3n) is 2.40. The fourth-order valence-corrected chi connectivity index (χ4v) is 1.57. The number of carboxylic acid groups (broad SMARTS) is 1. The van der Waals surface area contributed by atoms with Gasteiger partial charge in [0.05, 0.1) is 18.7 Å². The predicted octanol–water partition coefficient (Wildman–Crippen LogP) is 0.478. The first-order valence-electron chi connectivity index (χ1n) is 5.71. The Labute approximate surface area is 109 Å². The third-order valence-corrected chi connectivity index (χ3v) is 2.40. The number of ether oxygens (including phenoxy) is 1. The van der Waals surface area contributed by atoms with E-state index in [-0.39, 0.29) is 6.42 Å². The number of carbonyl (C=O) groups is 1. The molecule has 2 heterocycles. The number of methoxy groups -OCH3 is 1. The molecule has 0 aliphatic rings. The van der Waals surface area contributed by atoms with Gasteiger partial charge in [-0.2, -0.15) is 0 Å². The number of aryl methyl sites for hydroxylation is 1. The Morgan fingerprint density at radius 2 is 2.37 bits per heavy atom. The highest BCUT2D eigenvalue weighted by Gasteiger charge is 2.07. The SMILES string of the molecule is COCc1cc(Cn2cc(CCC(=O)O)nn2)no1. The summed E-state index contributed by atoms with van der Waals surface area (Å²) in [7, 11) is 1.58. The average molecular weight is 266 g/mol. The van der Waals surface area contributed by atoms with Crippen LogP contribution in [0.1, 0.15) is 23.6 Å². The summed E-state index contributed by atoms with van der Waals surface area (Å²) in [6.45, 7) is 0.793. The Balaban J connectivity index is 1.93. The molecule has 0 aliphatic carbocycles. The van der Waals surface area contributed by atoms with Crippen molar-refractivity contribution in [3.63, 3.8) is 0 Å². The zero-order valence-corrected chi connectivity index (χ0v) is 10.4. The first-order valence-corrected chi connectivity index (χ1v) is 5.71. The zero-order chi connectivity index (χ0) is 13.7. The first kappa shape index (κ1) is 13.2. The summed E-state index contributed by atoms with van der Waals surface area (Å²) in [4.78, 5) is 10.4. The van der Waals surface area contributed by atoms with E-state index in [2.05, 4.69) is 15.5 Å². The average Bonchev–Trinajstić information content (AvgIpc) is 2.98. The van der Waals surface area contributed by atoms with Gasteiger partial charge in [-0.1, -0.05) is 10.4 Å². The van der Waals surface area contributed by atoms with Crippen LogP contribution < -0.4 is 0 Å². The minimum atomic E-state index is -0.852. The maximum atomic E-state index is 10.4. The molecule has 0 aliphatic heterocycles. The number of aliphatic carboxylic acids is 1. The molecule has 0 fully saturated rings. The van der Waals surface area contributed by atoms with Crippen molar-refractivity contribution in [2.24, 2.45) is 0 Å². The van der Waals surface area contributed by atoms with Crippen molar-refractivity contribution >= 4 is 5.97 Å². The van der Waals surface area contributed by atoms with Crippen LogP contribution in [0.3, 0.4) is 0 Å². The summed E-state index contributed by atoms with van der Waals surface area (Å²) in [6, 6.07) is 1.78. The van der Waals surface area contributed by atoms with Crippen LogP contribution in [0.2, 0.25) is 0 Å². The molecular weight excluding hydrogens is 252 g/mol. The van der Waals surface area contributed by atoms with Crippen molar-refractivity contribution in [1.82, 2.24) is 20.2 Å². The van der Waals surface area contributed by atoms with Gasteiger partial charge in [-0.3, -0.25) is 4.79 Å². The molecule has 0 amide bonds. The van der Waals surface area contributed by atoms with Crippen molar-refractivity contribution < 1.29 is 19.2 Å². The Morgan fingerprint density at radius 1 is 1.53 bits per heavy atom. The van der Waals surface area contributed by atoms with Gasteiger partial charge in [0.15, 0.2) is 5.76 Å². The fraction of sp³-hybridized carbons (Fsp3) is 0.455. The van der Waals surface area contributed by atoms with Crippen molar-refractivity contribution in [3.05, 3.63) is 29.4 Å². The molecule has 0 aromatic carbocycles. The summed E-state index contributed by atoms with van der Waals surface area (Å²) >= 11 is 0. The van der Waals surface area contributed by atoms with Crippen LogP contribution in [0.15, 0.2) is 16.8 Å². The molecule has 1 N–H and O–H groups in total. The van der Waals surface area contributed by atoms with Gasteiger partial charge in [-0.05, 0) is 0 Å². The van der Waals surface area contributed by atoms with Crippen LogP contribution in [-0.2, 0) is 29.1 Å². The second kappa shape index (κ2) is 6.10. The van der Waals surface area contributed by atoms with Crippen LogP contribution in [0, 0.1) is 0 Å². The Hall–Kier alpha value is -2.22. The summed E-state index contributed by atoms with van der Waals surface area (Å²) in [6.07, 6.45) is 2.11. The quantitative estimate of drug-likeness (QED) is 0.777. The normalized spacial score (nSPS) is 10.8. The monoisotopic (exact) mass is 266 g/mol. The van der Waals surface area contributed by atoms with Gasteiger partial charge >= 0.3 is 5.97 Å². The van der Waals surface area contributed by atoms with Gasteiger partial charge in [0.2, 0.25) is 0 Å². The maximum absolute atomic E-state index is 10.4.